The molecule has 0 unspecified atom stereocenters. The van der Waals surface area contributed by atoms with Crippen LogP contribution in [0.1, 0.15) is 24.4 Å². The fourth-order valence-electron chi connectivity index (χ4n) is 1.09. The van der Waals surface area contributed by atoms with E-state index in [1.807, 2.05) is 5.43 Å². The smallest absolute Gasteiger partial charge is 0.274 e. The molecule has 1 heterocycles. The number of hydrogen-bond acceptors (Lipinski definition) is 5. The van der Waals surface area contributed by atoms with E-state index in [-0.39, 0.29) is 0 Å². The Hall–Kier alpha value is -2.15. The van der Waals surface area contributed by atoms with Crippen LogP contribution in [-0.2, 0) is 15.8 Å². The minimum atomic E-state index is -4.81. The summed E-state index contributed by atoms with van der Waals surface area (Å²) in [5.74, 6) is -1.39. The summed E-state index contributed by atoms with van der Waals surface area (Å²) in [5, 5.41) is 8.76. The van der Waals surface area contributed by atoms with Crippen molar-refractivity contribution in [2.75, 3.05) is 5.01 Å². The van der Waals surface area contributed by atoms with Crippen molar-refractivity contribution < 1.29 is 22.8 Å². The topological polar surface area (TPSA) is 86.1 Å². The third-order valence-electron chi connectivity index (χ3n) is 1.76. The fourth-order valence-corrected chi connectivity index (χ4v) is 1.98. The van der Waals surface area contributed by atoms with Crippen LogP contribution in [0.3, 0.4) is 0 Å². The molecule has 0 atom stereocenters. The van der Waals surface area contributed by atoms with Crippen LogP contribution in [0.5, 0.6) is 0 Å². The van der Waals surface area contributed by atoms with Gasteiger partial charge in [-0.3, -0.25) is 15.0 Å². The molecule has 0 spiro atoms. The lowest BCUT2D eigenvalue weighted by atomic mass is 10.4. The number of thiazole rings is 1. The average Bonchev–Trinajstić information content (AvgIpc) is 2.68. The van der Waals surface area contributed by atoms with Gasteiger partial charge in [0.2, 0.25) is 16.9 Å². The number of hydrogen-bond donors (Lipinski definition) is 1. The number of alkyl halides is 3. The number of anilines is 1. The lowest BCUT2D eigenvalue weighted by Crippen LogP contribution is -2.44. The molecule has 0 saturated carbocycles. The highest BCUT2D eigenvalue weighted by molar-refractivity contribution is 7.16. The molecule has 2 amide bonds. The van der Waals surface area contributed by atoms with E-state index < -0.39 is 33.7 Å². The van der Waals surface area contributed by atoms with E-state index >= 15 is 0 Å². The first-order chi connectivity index (χ1) is 8.66. The molecule has 0 saturated heterocycles. The summed E-state index contributed by atoms with van der Waals surface area (Å²) in [6, 6.07) is 1.35. The van der Waals surface area contributed by atoms with Crippen molar-refractivity contribution in [2.24, 2.45) is 0 Å². The van der Waals surface area contributed by atoms with E-state index in [9.17, 15) is 22.8 Å². The van der Waals surface area contributed by atoms with Gasteiger partial charge >= 0.3 is 6.18 Å². The van der Waals surface area contributed by atoms with Crippen LogP contribution >= 0.6 is 11.3 Å². The quantitative estimate of drug-likeness (QED) is 0.793. The zero-order chi connectivity index (χ0) is 14.8. The minimum Gasteiger partial charge on any atom is -0.274 e. The van der Waals surface area contributed by atoms with Crippen molar-refractivity contribution >= 4 is 28.3 Å². The van der Waals surface area contributed by atoms with E-state index in [1.165, 1.54) is 6.07 Å². The molecule has 0 bridgehead atoms. The highest BCUT2D eigenvalue weighted by Crippen LogP contribution is 2.36. The maximum Gasteiger partial charge on any atom is 0.435 e. The van der Waals surface area contributed by atoms with E-state index in [4.69, 9.17) is 5.26 Å². The molecule has 10 heteroatoms. The second-order valence-electron chi connectivity index (χ2n) is 3.31. The van der Waals surface area contributed by atoms with Gasteiger partial charge in [-0.25, -0.2) is 4.98 Å². The zero-order valence-corrected chi connectivity index (χ0v) is 10.5. The Balaban J connectivity index is 3.27. The zero-order valence-electron chi connectivity index (χ0n) is 9.70. The van der Waals surface area contributed by atoms with Gasteiger partial charge in [-0.1, -0.05) is 11.3 Å². The summed E-state index contributed by atoms with van der Waals surface area (Å²) in [6.45, 7) is 2.12. The number of nitriles is 1. The van der Waals surface area contributed by atoms with E-state index in [2.05, 4.69) is 4.98 Å². The molecule has 1 aromatic rings. The predicted molar refractivity (Wildman–Crippen MR) is 58.8 cm³/mol. The van der Waals surface area contributed by atoms with E-state index in [0.29, 0.717) is 16.3 Å². The Morgan fingerprint density at radius 1 is 1.42 bits per heavy atom. The summed E-state index contributed by atoms with van der Waals surface area (Å²) in [6.07, 6.45) is -4.81. The van der Waals surface area contributed by atoms with Crippen LogP contribution in [0, 0.1) is 11.3 Å². The van der Waals surface area contributed by atoms with Crippen LogP contribution in [-0.4, -0.2) is 16.8 Å². The number of aromatic nitrogens is 1. The molecule has 0 radical (unpaired) electrons. The normalized spacial score (nSPS) is 10.7. The number of nitrogens with one attached hydrogen (secondary N) is 1. The number of carbonyl (C=O) groups excluding carboxylic acids is 2. The Morgan fingerprint density at radius 2 is 2.00 bits per heavy atom. The molecule has 1 rings (SSSR count). The highest BCUT2D eigenvalue weighted by atomic mass is 32.1. The lowest BCUT2D eigenvalue weighted by molar-refractivity contribution is -0.141. The van der Waals surface area contributed by atoms with Crippen LogP contribution in [0.4, 0.5) is 18.3 Å². The second-order valence-corrected chi connectivity index (χ2v) is 4.28. The molecule has 1 aromatic heterocycles. The summed E-state index contributed by atoms with van der Waals surface area (Å²) >= 11 is 0.363. The van der Waals surface area contributed by atoms with Crippen molar-refractivity contribution in [3.8, 4) is 6.07 Å². The first-order valence-corrected chi connectivity index (χ1v) is 5.54. The summed E-state index contributed by atoms with van der Waals surface area (Å²) in [5.41, 5.74) is 0.645. The van der Waals surface area contributed by atoms with Crippen molar-refractivity contribution in [1.29, 1.82) is 5.26 Å². The van der Waals surface area contributed by atoms with Gasteiger partial charge in [-0.15, -0.1) is 0 Å². The number of hydrazine groups is 1. The highest BCUT2D eigenvalue weighted by Gasteiger charge is 2.38. The largest absolute Gasteiger partial charge is 0.435 e. The van der Waals surface area contributed by atoms with Gasteiger partial charge in [-0.05, 0) is 0 Å². The average molecular weight is 292 g/mol. The van der Waals surface area contributed by atoms with Crippen LogP contribution in [0.2, 0.25) is 0 Å². The van der Waals surface area contributed by atoms with E-state index in [0.717, 1.165) is 13.8 Å². The number of nitrogens with zero attached hydrogens (tertiary/aromatic N) is 3. The van der Waals surface area contributed by atoms with Crippen molar-refractivity contribution in [3.05, 3.63) is 10.6 Å². The molecule has 6 nitrogen and oxygen atoms in total. The maximum absolute atomic E-state index is 12.6. The predicted octanol–water partition coefficient (Wildman–Crippen LogP) is 1.44. The monoisotopic (exact) mass is 292 g/mol. The maximum atomic E-state index is 12.6. The van der Waals surface area contributed by atoms with Gasteiger partial charge in [-0.2, -0.15) is 23.4 Å². The van der Waals surface area contributed by atoms with E-state index in [1.54, 1.807) is 0 Å². The standard InChI is InChI=1S/C9H7F3N4O2S/c1-4(17)15-16(5(2)18)8-14-7(9(10,11)12)6(3-13)19-8/h1-2H3,(H,15,17). The van der Waals surface area contributed by atoms with Gasteiger partial charge in [0.15, 0.2) is 5.69 Å². The Bertz CT molecular complexity index is 561. The number of amides is 2. The second kappa shape index (κ2) is 5.23. The van der Waals surface area contributed by atoms with Gasteiger partial charge in [0, 0.05) is 13.8 Å². The van der Waals surface area contributed by atoms with Gasteiger partial charge in [0.1, 0.15) is 10.9 Å². The molecule has 0 aliphatic rings. The number of halogens is 3. The molecule has 0 aliphatic carbocycles. The SMILES string of the molecule is CC(=O)NN(C(C)=O)c1nc(C(F)(F)F)c(C#N)s1. The molecule has 0 aromatic carbocycles. The first-order valence-electron chi connectivity index (χ1n) is 4.73. The minimum absolute atomic E-state index is 0.363. The molecule has 0 fully saturated rings. The third-order valence-corrected chi connectivity index (χ3v) is 2.71. The molecule has 1 N–H and O–H groups in total. The summed E-state index contributed by atoms with van der Waals surface area (Å²) in [7, 11) is 0. The van der Waals surface area contributed by atoms with Gasteiger partial charge in [0.25, 0.3) is 0 Å². The first kappa shape index (κ1) is 14.9. The summed E-state index contributed by atoms with van der Waals surface area (Å²) in [4.78, 5) is 24.6. The molecule has 102 valence electrons. The lowest BCUT2D eigenvalue weighted by Gasteiger charge is -2.17. The van der Waals surface area contributed by atoms with Crippen LogP contribution in [0.15, 0.2) is 0 Å². The van der Waals surface area contributed by atoms with Gasteiger partial charge < -0.3 is 0 Å². The Kier molecular flexibility index (Phi) is 4.10. The fraction of sp³-hybridized carbons (Fsp3) is 0.333. The molecular weight excluding hydrogens is 285 g/mol. The summed E-state index contributed by atoms with van der Waals surface area (Å²) < 4.78 is 37.7. The van der Waals surface area contributed by atoms with Crippen molar-refractivity contribution in [3.63, 3.8) is 0 Å². The van der Waals surface area contributed by atoms with Crippen LogP contribution in [0.25, 0.3) is 0 Å². The molecule has 0 aliphatic heterocycles. The van der Waals surface area contributed by atoms with Crippen molar-refractivity contribution in [2.45, 2.75) is 20.0 Å². The Morgan fingerprint density at radius 3 is 2.32 bits per heavy atom. The van der Waals surface area contributed by atoms with Crippen molar-refractivity contribution in [1.82, 2.24) is 10.4 Å². The number of carbonyl (C=O) groups is 2. The third kappa shape index (κ3) is 3.41. The van der Waals surface area contributed by atoms with Crippen LogP contribution < -0.4 is 10.4 Å². The molecular formula is C9H7F3N4O2S. The molecule has 19 heavy (non-hydrogen) atoms. The van der Waals surface area contributed by atoms with Gasteiger partial charge in [0.05, 0.1) is 0 Å². The Labute approximate surface area is 109 Å². The number of rotatable bonds is 1.